The second-order valence-electron chi connectivity index (χ2n) is 6.59. The zero-order chi connectivity index (χ0) is 17.9. The van der Waals surface area contributed by atoms with E-state index in [2.05, 4.69) is 12.1 Å². The minimum atomic E-state index is -0.409. The summed E-state index contributed by atoms with van der Waals surface area (Å²) < 4.78 is 17.2. The molecule has 4 atom stereocenters. The Morgan fingerprint density at radius 1 is 1.12 bits per heavy atom. The van der Waals surface area contributed by atoms with Crippen molar-refractivity contribution in [2.75, 3.05) is 13.2 Å². The van der Waals surface area contributed by atoms with Crippen molar-refractivity contribution in [3.63, 3.8) is 0 Å². The molecule has 0 aromatic heterocycles. The topological polar surface area (TPSA) is 51.3 Å². The Kier molecular flexibility index (Phi) is 4.91. The van der Waals surface area contributed by atoms with Gasteiger partial charge in [-0.05, 0) is 18.1 Å². The summed E-state index contributed by atoms with van der Waals surface area (Å²) in [4.78, 5) is 14.3. The number of rotatable bonds is 5. The van der Waals surface area contributed by atoms with E-state index in [0.717, 1.165) is 12.0 Å². The first-order valence-electron chi connectivity index (χ1n) is 9.09. The van der Waals surface area contributed by atoms with E-state index < -0.39 is 6.23 Å². The Labute approximate surface area is 153 Å². The maximum atomic E-state index is 12.6. The van der Waals surface area contributed by atoms with Crippen LogP contribution in [-0.4, -0.2) is 42.6 Å². The number of amides is 1. The molecule has 0 N–H and O–H groups in total. The molecule has 0 bridgehead atoms. The highest BCUT2D eigenvalue weighted by Crippen LogP contribution is 2.40. The molecule has 5 heteroatoms. The molecule has 2 aliphatic rings. The van der Waals surface area contributed by atoms with E-state index >= 15 is 0 Å². The molecular formula is C21H23NO4. The fourth-order valence-electron chi connectivity index (χ4n) is 3.56. The van der Waals surface area contributed by atoms with Crippen LogP contribution >= 0.6 is 0 Å². The van der Waals surface area contributed by atoms with Crippen molar-refractivity contribution in [3.8, 4) is 0 Å². The van der Waals surface area contributed by atoms with Crippen LogP contribution in [0, 0.1) is 0 Å². The number of carbonyl (C=O) groups is 1. The summed E-state index contributed by atoms with van der Waals surface area (Å²) in [5.41, 5.74) is 2.27. The lowest BCUT2D eigenvalue weighted by molar-refractivity contribution is 0.00523. The van der Waals surface area contributed by atoms with Gasteiger partial charge in [0.15, 0.2) is 6.23 Å². The van der Waals surface area contributed by atoms with Gasteiger partial charge >= 0.3 is 6.09 Å². The van der Waals surface area contributed by atoms with Gasteiger partial charge in [-0.3, -0.25) is 4.90 Å². The summed E-state index contributed by atoms with van der Waals surface area (Å²) in [5.74, 6) is 0. The molecule has 2 fully saturated rings. The van der Waals surface area contributed by atoms with E-state index in [4.69, 9.17) is 14.2 Å². The summed E-state index contributed by atoms with van der Waals surface area (Å²) in [6, 6.07) is 20.0. The lowest BCUT2D eigenvalue weighted by Gasteiger charge is -2.26. The van der Waals surface area contributed by atoms with Crippen molar-refractivity contribution >= 4 is 6.09 Å². The van der Waals surface area contributed by atoms with Crippen molar-refractivity contribution in [2.45, 2.75) is 37.8 Å². The van der Waals surface area contributed by atoms with Crippen LogP contribution in [0.2, 0.25) is 0 Å². The van der Waals surface area contributed by atoms with Gasteiger partial charge in [0.25, 0.3) is 0 Å². The zero-order valence-electron chi connectivity index (χ0n) is 14.8. The predicted molar refractivity (Wildman–Crippen MR) is 96.6 cm³/mol. The molecule has 4 rings (SSSR count). The highest BCUT2D eigenvalue weighted by Gasteiger charge is 2.54. The summed E-state index contributed by atoms with van der Waals surface area (Å²) in [6.45, 7) is 2.60. The Bertz CT molecular complexity index is 736. The van der Waals surface area contributed by atoms with Crippen LogP contribution in [0.3, 0.4) is 0 Å². The summed E-state index contributed by atoms with van der Waals surface area (Å²) in [6.07, 6.45) is 0.00542. The number of hydrogen-bond acceptors (Lipinski definition) is 4. The van der Waals surface area contributed by atoms with Crippen molar-refractivity contribution in [2.24, 2.45) is 0 Å². The van der Waals surface area contributed by atoms with Gasteiger partial charge in [-0.25, -0.2) is 4.79 Å². The highest BCUT2D eigenvalue weighted by atomic mass is 16.6. The third kappa shape index (κ3) is 3.45. The third-order valence-corrected chi connectivity index (χ3v) is 4.88. The fraction of sp³-hybridized carbons (Fsp3) is 0.381. The first kappa shape index (κ1) is 17.1. The van der Waals surface area contributed by atoms with E-state index in [1.807, 2.05) is 55.5 Å². The maximum absolute atomic E-state index is 12.6. The van der Waals surface area contributed by atoms with Gasteiger partial charge in [0.2, 0.25) is 0 Å². The first-order chi connectivity index (χ1) is 12.8. The van der Waals surface area contributed by atoms with E-state index in [1.54, 1.807) is 4.90 Å². The summed E-state index contributed by atoms with van der Waals surface area (Å²) in [7, 11) is 0. The van der Waals surface area contributed by atoms with Gasteiger partial charge in [0, 0.05) is 6.42 Å². The van der Waals surface area contributed by atoms with Gasteiger partial charge < -0.3 is 14.2 Å². The summed E-state index contributed by atoms with van der Waals surface area (Å²) in [5, 5.41) is 0. The molecule has 0 radical (unpaired) electrons. The minimum absolute atomic E-state index is 0.0637. The van der Waals surface area contributed by atoms with Crippen LogP contribution in [-0.2, 0) is 20.6 Å². The predicted octanol–water partition coefficient (Wildman–Crippen LogP) is 3.55. The van der Waals surface area contributed by atoms with Crippen molar-refractivity contribution < 1.29 is 19.0 Å². The van der Waals surface area contributed by atoms with E-state index in [-0.39, 0.29) is 24.3 Å². The number of carbonyl (C=O) groups excluding carboxylic acids is 1. The van der Waals surface area contributed by atoms with Crippen molar-refractivity contribution in [1.29, 1.82) is 0 Å². The number of epoxide rings is 1. The van der Waals surface area contributed by atoms with Crippen LogP contribution < -0.4 is 0 Å². The van der Waals surface area contributed by atoms with Crippen molar-refractivity contribution in [1.82, 2.24) is 4.90 Å². The SMILES string of the molecule is CCOC(=O)N1C([C@@H]2O[C@@H]2Cc2ccccc2)OC[C@H]1c1ccccc1. The summed E-state index contributed by atoms with van der Waals surface area (Å²) >= 11 is 0. The van der Waals surface area contributed by atoms with Crippen LogP contribution in [0.25, 0.3) is 0 Å². The molecule has 2 aromatic carbocycles. The molecule has 1 amide bonds. The Morgan fingerprint density at radius 2 is 1.81 bits per heavy atom. The zero-order valence-corrected chi connectivity index (χ0v) is 14.8. The Hall–Kier alpha value is -2.37. The van der Waals surface area contributed by atoms with Crippen LogP contribution in [0.5, 0.6) is 0 Å². The average Bonchev–Trinajstić information content (AvgIpc) is 3.28. The molecule has 0 aliphatic carbocycles. The number of ether oxygens (including phenoxy) is 3. The highest BCUT2D eigenvalue weighted by molar-refractivity contribution is 5.69. The van der Waals surface area contributed by atoms with E-state index in [9.17, 15) is 4.79 Å². The Balaban J connectivity index is 1.49. The standard InChI is InChI=1S/C21H23NO4/c1-2-24-21(23)22-17(16-11-7-4-8-12-16)14-25-20(22)19-18(26-19)13-15-9-5-3-6-10-15/h3-12,17-20H,2,13-14H2,1H3/t17-,18+,19+,20?/m0/s1. The van der Waals surface area contributed by atoms with Gasteiger partial charge in [0.05, 0.1) is 25.4 Å². The lowest BCUT2D eigenvalue weighted by atomic mass is 10.1. The lowest BCUT2D eigenvalue weighted by Crippen LogP contribution is -2.42. The normalized spacial score (nSPS) is 27.3. The van der Waals surface area contributed by atoms with Crippen molar-refractivity contribution in [3.05, 3.63) is 71.8 Å². The monoisotopic (exact) mass is 353 g/mol. The molecule has 136 valence electrons. The van der Waals surface area contributed by atoms with Gasteiger partial charge in [-0.1, -0.05) is 60.7 Å². The number of nitrogens with zero attached hydrogens (tertiary/aromatic N) is 1. The van der Waals surface area contributed by atoms with E-state index in [1.165, 1.54) is 5.56 Å². The van der Waals surface area contributed by atoms with Crippen LogP contribution in [0.15, 0.2) is 60.7 Å². The van der Waals surface area contributed by atoms with Crippen LogP contribution in [0.1, 0.15) is 24.1 Å². The Morgan fingerprint density at radius 3 is 2.50 bits per heavy atom. The molecule has 2 saturated heterocycles. The molecule has 2 aliphatic heterocycles. The van der Waals surface area contributed by atoms with E-state index in [0.29, 0.717) is 13.2 Å². The third-order valence-electron chi connectivity index (χ3n) is 4.88. The van der Waals surface area contributed by atoms with Crippen LogP contribution in [0.4, 0.5) is 4.79 Å². The number of benzene rings is 2. The average molecular weight is 353 g/mol. The molecule has 0 spiro atoms. The molecular weight excluding hydrogens is 330 g/mol. The number of hydrogen-bond donors (Lipinski definition) is 0. The second kappa shape index (κ2) is 7.48. The molecule has 1 unspecified atom stereocenters. The minimum Gasteiger partial charge on any atom is -0.450 e. The van der Waals surface area contributed by atoms with Gasteiger partial charge in [-0.2, -0.15) is 0 Å². The fourth-order valence-corrected chi connectivity index (χ4v) is 3.56. The maximum Gasteiger partial charge on any atom is 0.412 e. The quantitative estimate of drug-likeness (QED) is 0.772. The smallest absolute Gasteiger partial charge is 0.412 e. The second-order valence-corrected chi connectivity index (χ2v) is 6.59. The molecule has 0 saturated carbocycles. The molecule has 5 nitrogen and oxygen atoms in total. The van der Waals surface area contributed by atoms with Gasteiger partial charge in [0.1, 0.15) is 6.10 Å². The largest absolute Gasteiger partial charge is 0.450 e. The molecule has 2 aromatic rings. The molecule has 26 heavy (non-hydrogen) atoms. The van der Waals surface area contributed by atoms with Gasteiger partial charge in [-0.15, -0.1) is 0 Å². The molecule has 2 heterocycles. The first-order valence-corrected chi connectivity index (χ1v) is 9.09.